The second-order valence-electron chi connectivity index (χ2n) is 7.23. The van der Waals surface area contributed by atoms with Crippen molar-refractivity contribution in [1.82, 2.24) is 9.47 Å². The second kappa shape index (κ2) is 8.59. The number of ether oxygens (including phenoxy) is 1. The van der Waals surface area contributed by atoms with Gasteiger partial charge in [0.05, 0.1) is 22.7 Å². The van der Waals surface area contributed by atoms with E-state index in [1.54, 1.807) is 11.3 Å². The molecule has 3 heterocycles. The minimum absolute atomic E-state index is 0.0118. The number of hydrogen-bond acceptors (Lipinski definition) is 4. The molecule has 4 rings (SSSR count). The van der Waals surface area contributed by atoms with E-state index in [0.717, 1.165) is 15.8 Å². The van der Waals surface area contributed by atoms with E-state index in [-0.39, 0.29) is 17.8 Å². The molecular weight excluding hydrogens is 408 g/mol. The first-order chi connectivity index (χ1) is 14.1. The number of aromatic nitrogens is 1. The summed E-state index contributed by atoms with van der Waals surface area (Å²) in [5, 5.41) is 2.73. The summed E-state index contributed by atoms with van der Waals surface area (Å²) in [5.41, 5.74) is 2.79. The number of thiophene rings is 1. The third kappa shape index (κ3) is 4.19. The molecular formula is C22H23ClN2O3S. The summed E-state index contributed by atoms with van der Waals surface area (Å²) in [6.45, 7) is 3.93. The minimum atomic E-state index is -0.149. The lowest BCUT2D eigenvalue weighted by Crippen LogP contribution is -2.41. The minimum Gasteiger partial charge on any atom is -0.466 e. The van der Waals surface area contributed by atoms with Gasteiger partial charge in [0, 0.05) is 24.7 Å². The molecule has 152 valence electrons. The van der Waals surface area contributed by atoms with E-state index in [0.29, 0.717) is 49.8 Å². The van der Waals surface area contributed by atoms with Crippen LogP contribution in [0.4, 0.5) is 0 Å². The summed E-state index contributed by atoms with van der Waals surface area (Å²) in [5.74, 6) is -0.247. The Balaban J connectivity index is 1.55. The standard InChI is InChI=1S/C22H23ClN2O3S/c1-2-28-22(27)16-6-9-24(10-7-16)21(26)19-13-20-18(8-11-29-20)25(19)14-15-4-3-5-17(23)12-15/h3-5,8,11-13,16H,2,6-7,9-10,14H2,1H3. The van der Waals surface area contributed by atoms with Crippen LogP contribution in [0.25, 0.3) is 10.2 Å². The number of hydrogen-bond donors (Lipinski definition) is 0. The number of carbonyl (C=O) groups is 2. The number of carbonyl (C=O) groups excluding carboxylic acids is 2. The van der Waals surface area contributed by atoms with Crippen LogP contribution in [0.1, 0.15) is 35.8 Å². The zero-order chi connectivity index (χ0) is 20.4. The summed E-state index contributed by atoms with van der Waals surface area (Å²) >= 11 is 7.78. The van der Waals surface area contributed by atoms with Gasteiger partial charge in [-0.2, -0.15) is 0 Å². The van der Waals surface area contributed by atoms with Crippen LogP contribution in [0.5, 0.6) is 0 Å². The van der Waals surface area contributed by atoms with E-state index >= 15 is 0 Å². The van der Waals surface area contributed by atoms with Crippen molar-refractivity contribution < 1.29 is 14.3 Å². The second-order valence-corrected chi connectivity index (χ2v) is 8.62. The zero-order valence-electron chi connectivity index (χ0n) is 16.3. The van der Waals surface area contributed by atoms with Crippen LogP contribution < -0.4 is 0 Å². The molecule has 1 fully saturated rings. The maximum absolute atomic E-state index is 13.3. The van der Waals surface area contributed by atoms with Gasteiger partial charge in [-0.3, -0.25) is 9.59 Å². The van der Waals surface area contributed by atoms with Gasteiger partial charge in [-0.05, 0) is 55.0 Å². The van der Waals surface area contributed by atoms with Crippen LogP contribution in [0.3, 0.4) is 0 Å². The number of piperidine rings is 1. The SMILES string of the molecule is CCOC(=O)C1CCN(C(=O)c2cc3sccc3n2Cc2cccc(Cl)c2)CC1. The molecule has 1 saturated heterocycles. The van der Waals surface area contributed by atoms with Crippen molar-refractivity contribution in [3.63, 3.8) is 0 Å². The highest BCUT2D eigenvalue weighted by Crippen LogP contribution is 2.29. The molecule has 0 bridgehead atoms. The first-order valence-electron chi connectivity index (χ1n) is 9.84. The largest absolute Gasteiger partial charge is 0.466 e. The van der Waals surface area contributed by atoms with Gasteiger partial charge in [-0.1, -0.05) is 23.7 Å². The van der Waals surface area contributed by atoms with Crippen molar-refractivity contribution in [2.45, 2.75) is 26.3 Å². The van der Waals surface area contributed by atoms with Crippen LogP contribution >= 0.6 is 22.9 Å². The molecule has 0 N–H and O–H groups in total. The first-order valence-corrected chi connectivity index (χ1v) is 11.1. The third-order valence-electron chi connectivity index (χ3n) is 5.37. The lowest BCUT2D eigenvalue weighted by atomic mass is 9.97. The molecule has 1 amide bonds. The van der Waals surface area contributed by atoms with Crippen molar-refractivity contribution in [3.05, 3.63) is 58.1 Å². The Kier molecular flexibility index (Phi) is 5.92. The summed E-state index contributed by atoms with van der Waals surface area (Å²) in [6.07, 6.45) is 1.29. The number of amides is 1. The zero-order valence-corrected chi connectivity index (χ0v) is 17.8. The molecule has 0 aliphatic carbocycles. The van der Waals surface area contributed by atoms with Crippen LogP contribution in [0.15, 0.2) is 41.8 Å². The van der Waals surface area contributed by atoms with Gasteiger partial charge in [0.25, 0.3) is 5.91 Å². The molecule has 0 saturated carbocycles. The molecule has 5 nitrogen and oxygen atoms in total. The number of halogens is 1. The Hall–Kier alpha value is -2.31. The highest BCUT2D eigenvalue weighted by Gasteiger charge is 2.30. The average Bonchev–Trinajstić information content (AvgIpc) is 3.30. The Morgan fingerprint density at radius 2 is 2.00 bits per heavy atom. The maximum atomic E-state index is 13.3. The van der Waals surface area contributed by atoms with Gasteiger partial charge in [0.1, 0.15) is 5.69 Å². The van der Waals surface area contributed by atoms with E-state index < -0.39 is 0 Å². The summed E-state index contributed by atoms with van der Waals surface area (Å²) in [7, 11) is 0. The molecule has 0 radical (unpaired) electrons. The molecule has 7 heteroatoms. The van der Waals surface area contributed by atoms with Crippen LogP contribution in [-0.4, -0.2) is 41.0 Å². The molecule has 1 aliphatic rings. The summed E-state index contributed by atoms with van der Waals surface area (Å²) in [4.78, 5) is 27.1. The molecule has 2 aromatic heterocycles. The predicted molar refractivity (Wildman–Crippen MR) is 116 cm³/mol. The maximum Gasteiger partial charge on any atom is 0.309 e. The van der Waals surface area contributed by atoms with Crippen LogP contribution in [0.2, 0.25) is 5.02 Å². The molecule has 1 aromatic carbocycles. The number of benzene rings is 1. The highest BCUT2D eigenvalue weighted by atomic mass is 35.5. The molecule has 0 spiro atoms. The summed E-state index contributed by atoms with van der Waals surface area (Å²) in [6, 6.07) is 11.7. The van der Waals surface area contributed by atoms with Gasteiger partial charge < -0.3 is 14.2 Å². The van der Waals surface area contributed by atoms with E-state index in [4.69, 9.17) is 16.3 Å². The van der Waals surface area contributed by atoms with Crippen molar-refractivity contribution in [2.24, 2.45) is 5.92 Å². The van der Waals surface area contributed by atoms with Crippen molar-refractivity contribution in [3.8, 4) is 0 Å². The van der Waals surface area contributed by atoms with Gasteiger partial charge in [0.2, 0.25) is 0 Å². The lowest BCUT2D eigenvalue weighted by molar-refractivity contribution is -0.149. The van der Waals surface area contributed by atoms with Crippen LogP contribution in [-0.2, 0) is 16.1 Å². The van der Waals surface area contributed by atoms with Crippen LogP contribution in [0, 0.1) is 5.92 Å². The molecule has 1 aliphatic heterocycles. The van der Waals surface area contributed by atoms with Gasteiger partial charge in [-0.15, -0.1) is 11.3 Å². The quantitative estimate of drug-likeness (QED) is 0.545. The average molecular weight is 431 g/mol. The Morgan fingerprint density at radius 3 is 2.72 bits per heavy atom. The number of rotatable bonds is 5. The fourth-order valence-electron chi connectivity index (χ4n) is 3.88. The first kappa shape index (κ1) is 20.0. The van der Waals surface area contributed by atoms with Crippen molar-refractivity contribution in [1.29, 1.82) is 0 Å². The predicted octanol–water partition coefficient (Wildman–Crippen LogP) is 4.82. The Bertz CT molecular complexity index is 1030. The van der Waals surface area contributed by atoms with E-state index in [1.165, 1.54) is 0 Å². The molecule has 0 atom stereocenters. The third-order valence-corrected chi connectivity index (χ3v) is 6.46. The molecule has 29 heavy (non-hydrogen) atoms. The van der Waals surface area contributed by atoms with E-state index in [1.807, 2.05) is 53.6 Å². The van der Waals surface area contributed by atoms with Gasteiger partial charge in [-0.25, -0.2) is 0 Å². The van der Waals surface area contributed by atoms with E-state index in [9.17, 15) is 9.59 Å². The van der Waals surface area contributed by atoms with Crippen molar-refractivity contribution in [2.75, 3.05) is 19.7 Å². The Morgan fingerprint density at radius 1 is 1.21 bits per heavy atom. The monoisotopic (exact) mass is 430 g/mol. The molecule has 0 unspecified atom stereocenters. The fraction of sp³-hybridized carbons (Fsp3) is 0.364. The smallest absolute Gasteiger partial charge is 0.309 e. The number of fused-ring (bicyclic) bond motifs is 1. The summed E-state index contributed by atoms with van der Waals surface area (Å²) < 4.78 is 8.29. The van der Waals surface area contributed by atoms with Crippen molar-refractivity contribution >= 4 is 45.0 Å². The topological polar surface area (TPSA) is 51.5 Å². The van der Waals surface area contributed by atoms with E-state index in [2.05, 4.69) is 4.57 Å². The number of esters is 1. The highest BCUT2D eigenvalue weighted by molar-refractivity contribution is 7.17. The number of nitrogens with zero attached hydrogens (tertiary/aromatic N) is 2. The van der Waals surface area contributed by atoms with Gasteiger partial charge in [0.15, 0.2) is 0 Å². The number of likely N-dealkylation sites (tertiary alicyclic amines) is 1. The normalized spacial score (nSPS) is 15.0. The lowest BCUT2D eigenvalue weighted by Gasteiger charge is -2.31. The van der Waals surface area contributed by atoms with Gasteiger partial charge >= 0.3 is 5.97 Å². The Labute approximate surface area is 178 Å². The fourth-order valence-corrected chi connectivity index (χ4v) is 4.92. The molecule has 3 aromatic rings.